The van der Waals surface area contributed by atoms with Crippen molar-refractivity contribution < 1.29 is 9.59 Å². The Labute approximate surface area is 166 Å². The minimum atomic E-state index is -0.463. The van der Waals surface area contributed by atoms with Crippen LogP contribution in [0.4, 0.5) is 0 Å². The molecule has 4 nitrogen and oxygen atoms in total. The Morgan fingerprint density at radius 1 is 1.19 bits per heavy atom. The molecular formula is C20H28Cl2N2O2. The van der Waals surface area contributed by atoms with Crippen molar-refractivity contribution in [3.05, 3.63) is 33.8 Å². The van der Waals surface area contributed by atoms with Crippen LogP contribution >= 0.6 is 23.2 Å². The van der Waals surface area contributed by atoms with Crippen LogP contribution in [-0.2, 0) is 16.0 Å². The summed E-state index contributed by atoms with van der Waals surface area (Å²) < 4.78 is 0. The molecule has 1 aromatic rings. The zero-order chi connectivity index (χ0) is 18.9. The fourth-order valence-corrected chi connectivity index (χ4v) is 3.88. The van der Waals surface area contributed by atoms with Crippen LogP contribution in [0.25, 0.3) is 0 Å². The third-order valence-electron chi connectivity index (χ3n) is 4.89. The second-order valence-electron chi connectivity index (χ2n) is 6.96. The lowest BCUT2D eigenvalue weighted by Crippen LogP contribution is -2.49. The van der Waals surface area contributed by atoms with Crippen LogP contribution in [-0.4, -0.2) is 24.4 Å². The molecule has 26 heavy (non-hydrogen) atoms. The van der Waals surface area contributed by atoms with E-state index in [4.69, 9.17) is 23.2 Å². The Hall–Kier alpha value is -1.26. The lowest BCUT2D eigenvalue weighted by molar-refractivity contribution is -0.131. The third kappa shape index (κ3) is 6.48. The van der Waals surface area contributed by atoms with Gasteiger partial charge >= 0.3 is 0 Å². The van der Waals surface area contributed by atoms with Gasteiger partial charge in [-0.1, -0.05) is 61.9 Å². The van der Waals surface area contributed by atoms with Gasteiger partial charge in [-0.2, -0.15) is 0 Å². The van der Waals surface area contributed by atoms with Crippen molar-refractivity contribution in [2.24, 2.45) is 5.92 Å². The van der Waals surface area contributed by atoms with Gasteiger partial charge in [0, 0.05) is 22.5 Å². The summed E-state index contributed by atoms with van der Waals surface area (Å²) in [6, 6.07) is 4.89. The van der Waals surface area contributed by atoms with E-state index in [-0.39, 0.29) is 17.7 Å². The van der Waals surface area contributed by atoms with Crippen molar-refractivity contribution >= 4 is 35.0 Å². The minimum Gasteiger partial charge on any atom is -0.354 e. The first kappa shape index (κ1) is 21.0. The van der Waals surface area contributed by atoms with Gasteiger partial charge in [-0.15, -0.1) is 0 Å². The van der Waals surface area contributed by atoms with Gasteiger partial charge in [0.05, 0.1) is 0 Å². The first-order valence-corrected chi connectivity index (χ1v) is 10.3. The quantitative estimate of drug-likeness (QED) is 0.676. The predicted octanol–water partition coefficient (Wildman–Crippen LogP) is 4.52. The molecule has 2 rings (SSSR count). The SMILES string of the molecule is CCCC(NC(=O)C1CCCCC1)C(=O)NCCc1ccc(Cl)cc1Cl. The highest BCUT2D eigenvalue weighted by atomic mass is 35.5. The summed E-state index contributed by atoms with van der Waals surface area (Å²) in [5.74, 6) is -0.0380. The van der Waals surface area contributed by atoms with Gasteiger partial charge in [0.1, 0.15) is 6.04 Å². The van der Waals surface area contributed by atoms with Crippen LogP contribution in [0.3, 0.4) is 0 Å². The third-order valence-corrected chi connectivity index (χ3v) is 5.48. The molecule has 0 aromatic heterocycles. The Bertz CT molecular complexity index is 616. The van der Waals surface area contributed by atoms with Gasteiger partial charge in [-0.25, -0.2) is 0 Å². The zero-order valence-electron chi connectivity index (χ0n) is 15.3. The Kier molecular flexibility index (Phi) is 8.73. The second kappa shape index (κ2) is 10.8. The number of carbonyl (C=O) groups is 2. The van der Waals surface area contributed by atoms with E-state index in [0.29, 0.717) is 29.4 Å². The summed E-state index contributed by atoms with van der Waals surface area (Å²) in [6.07, 6.45) is 7.38. The summed E-state index contributed by atoms with van der Waals surface area (Å²) in [5, 5.41) is 7.07. The van der Waals surface area contributed by atoms with Gasteiger partial charge in [0.2, 0.25) is 11.8 Å². The molecule has 0 radical (unpaired) electrons. The number of rotatable bonds is 8. The molecule has 1 aliphatic carbocycles. The van der Waals surface area contributed by atoms with Gasteiger partial charge in [0.25, 0.3) is 0 Å². The number of nitrogens with one attached hydrogen (secondary N) is 2. The van der Waals surface area contributed by atoms with E-state index >= 15 is 0 Å². The number of benzene rings is 1. The number of amides is 2. The van der Waals surface area contributed by atoms with E-state index in [2.05, 4.69) is 10.6 Å². The molecule has 1 atom stereocenters. The van der Waals surface area contributed by atoms with Gasteiger partial charge in [-0.05, 0) is 43.4 Å². The van der Waals surface area contributed by atoms with E-state index in [9.17, 15) is 9.59 Å². The predicted molar refractivity (Wildman–Crippen MR) is 107 cm³/mol. The summed E-state index contributed by atoms with van der Waals surface area (Å²) in [5.41, 5.74) is 0.939. The molecule has 0 spiro atoms. The van der Waals surface area contributed by atoms with Crippen LogP contribution < -0.4 is 10.6 Å². The number of halogens is 2. The normalized spacial score (nSPS) is 16.1. The molecule has 1 aliphatic rings. The van der Waals surface area contributed by atoms with Gasteiger partial charge in [0.15, 0.2) is 0 Å². The molecular weight excluding hydrogens is 371 g/mol. The maximum Gasteiger partial charge on any atom is 0.242 e. The molecule has 2 N–H and O–H groups in total. The van der Waals surface area contributed by atoms with Crippen molar-refractivity contribution in [3.8, 4) is 0 Å². The highest BCUT2D eigenvalue weighted by molar-refractivity contribution is 6.35. The average Bonchev–Trinajstić information content (AvgIpc) is 2.63. The van der Waals surface area contributed by atoms with Crippen LogP contribution in [0.2, 0.25) is 10.0 Å². The standard InChI is InChI=1S/C20H28Cl2N2O2/c1-2-6-18(24-19(25)15-7-4-3-5-8-15)20(26)23-12-11-14-9-10-16(21)13-17(14)22/h9-10,13,15,18H,2-8,11-12H2,1H3,(H,23,26)(H,24,25). The van der Waals surface area contributed by atoms with Crippen LogP contribution in [0, 0.1) is 5.92 Å². The van der Waals surface area contributed by atoms with Gasteiger partial charge in [-0.3, -0.25) is 9.59 Å². The molecule has 0 bridgehead atoms. The monoisotopic (exact) mass is 398 g/mol. The average molecular weight is 399 g/mol. The van der Waals surface area contributed by atoms with Crippen molar-refractivity contribution in [2.75, 3.05) is 6.54 Å². The molecule has 2 amide bonds. The molecule has 0 aliphatic heterocycles. The Morgan fingerprint density at radius 2 is 1.92 bits per heavy atom. The first-order chi connectivity index (χ1) is 12.5. The fourth-order valence-electron chi connectivity index (χ4n) is 3.38. The summed E-state index contributed by atoms with van der Waals surface area (Å²) in [6.45, 7) is 2.49. The van der Waals surface area contributed by atoms with Crippen LogP contribution in [0.5, 0.6) is 0 Å². The topological polar surface area (TPSA) is 58.2 Å². The molecule has 144 valence electrons. The highest BCUT2D eigenvalue weighted by Crippen LogP contribution is 2.24. The van der Waals surface area contributed by atoms with E-state index < -0.39 is 6.04 Å². The molecule has 1 unspecified atom stereocenters. The summed E-state index contributed by atoms with van der Waals surface area (Å²) in [7, 11) is 0. The van der Waals surface area contributed by atoms with Crippen LogP contribution in [0.15, 0.2) is 18.2 Å². The largest absolute Gasteiger partial charge is 0.354 e. The lowest BCUT2D eigenvalue weighted by atomic mass is 9.88. The number of carbonyl (C=O) groups excluding carboxylic acids is 2. The molecule has 0 heterocycles. The van der Waals surface area contributed by atoms with Crippen molar-refractivity contribution in [3.63, 3.8) is 0 Å². The van der Waals surface area contributed by atoms with Crippen molar-refractivity contribution in [1.29, 1.82) is 0 Å². The van der Waals surface area contributed by atoms with Crippen molar-refractivity contribution in [1.82, 2.24) is 10.6 Å². The molecule has 6 heteroatoms. The molecule has 0 saturated heterocycles. The lowest BCUT2D eigenvalue weighted by Gasteiger charge is -2.24. The van der Waals surface area contributed by atoms with E-state index in [1.165, 1.54) is 6.42 Å². The molecule has 1 aromatic carbocycles. The Morgan fingerprint density at radius 3 is 2.58 bits per heavy atom. The second-order valence-corrected chi connectivity index (χ2v) is 7.81. The first-order valence-electron chi connectivity index (χ1n) is 9.53. The summed E-state index contributed by atoms with van der Waals surface area (Å²) in [4.78, 5) is 24.9. The fraction of sp³-hybridized carbons (Fsp3) is 0.600. The molecule has 1 saturated carbocycles. The van der Waals surface area contributed by atoms with E-state index in [1.54, 1.807) is 12.1 Å². The Balaban J connectivity index is 1.83. The molecule has 1 fully saturated rings. The highest BCUT2D eigenvalue weighted by Gasteiger charge is 2.26. The van der Waals surface area contributed by atoms with E-state index in [1.807, 2.05) is 13.0 Å². The zero-order valence-corrected chi connectivity index (χ0v) is 16.8. The minimum absolute atomic E-state index is 0.0269. The van der Waals surface area contributed by atoms with Gasteiger partial charge < -0.3 is 10.6 Å². The number of hydrogen-bond acceptors (Lipinski definition) is 2. The van der Waals surface area contributed by atoms with E-state index in [0.717, 1.165) is 37.7 Å². The number of hydrogen-bond donors (Lipinski definition) is 2. The maximum atomic E-state index is 12.5. The smallest absolute Gasteiger partial charge is 0.242 e. The van der Waals surface area contributed by atoms with Crippen molar-refractivity contribution in [2.45, 2.75) is 64.3 Å². The van der Waals surface area contributed by atoms with Crippen LogP contribution in [0.1, 0.15) is 57.4 Å². The maximum absolute atomic E-state index is 12.5. The summed E-state index contributed by atoms with van der Waals surface area (Å²) >= 11 is 12.1.